The average molecular weight is 495 g/mol. The van der Waals surface area contributed by atoms with Crippen molar-refractivity contribution in [3.05, 3.63) is 59.7 Å². The summed E-state index contributed by atoms with van der Waals surface area (Å²) in [6.07, 6.45) is 1.36. The second-order valence-corrected chi connectivity index (χ2v) is 11.0. The van der Waals surface area contributed by atoms with Crippen molar-refractivity contribution in [1.82, 2.24) is 9.62 Å². The Hall–Kier alpha value is -2.43. The minimum atomic E-state index is -4.21. The van der Waals surface area contributed by atoms with Crippen LogP contribution in [0.15, 0.2) is 42.5 Å². The number of carbonyl (C=O) groups is 1. The van der Waals surface area contributed by atoms with Crippen molar-refractivity contribution >= 4 is 15.9 Å². The standard InChI is InChI=1S/C24H25F3N2O4S/c25-14-34(31,32)28-22-19(29(13-24(22)8-9-24)23(30)20-7-10-33-20)12-16-4-2-6-18(21(16)27)15-3-1-5-17(26)11-15/h1-6,11,19-20,22,28H,7-10,12-14H2/t19-,20?,22+/m0/s1. The number of likely N-dealkylation sites (tertiary alicyclic amines) is 1. The van der Waals surface area contributed by atoms with Gasteiger partial charge in [0.05, 0.1) is 12.6 Å². The van der Waals surface area contributed by atoms with E-state index < -0.39 is 51.3 Å². The minimum absolute atomic E-state index is 0.0225. The van der Waals surface area contributed by atoms with Gasteiger partial charge >= 0.3 is 0 Å². The lowest BCUT2D eigenvalue weighted by Gasteiger charge is -2.34. The molecule has 1 amide bonds. The van der Waals surface area contributed by atoms with Crippen LogP contribution in [0.25, 0.3) is 11.1 Å². The van der Waals surface area contributed by atoms with Crippen LogP contribution in [-0.2, 0) is 26.0 Å². The predicted molar refractivity (Wildman–Crippen MR) is 119 cm³/mol. The zero-order valence-corrected chi connectivity index (χ0v) is 19.2. The molecule has 5 rings (SSSR count). The molecule has 6 nitrogen and oxygen atoms in total. The Morgan fingerprint density at radius 3 is 2.53 bits per heavy atom. The SMILES string of the molecule is O=C(C1CCO1)N1CC2(CC2)[C@H](NS(=O)(=O)CF)[C@@H]1Cc1cccc(-c2cccc(F)c2)c1F. The third-order valence-electron chi connectivity index (χ3n) is 7.17. The smallest absolute Gasteiger partial charge is 0.252 e. The summed E-state index contributed by atoms with van der Waals surface area (Å²) >= 11 is 0. The van der Waals surface area contributed by atoms with Crippen molar-refractivity contribution in [1.29, 1.82) is 0 Å². The molecule has 0 aromatic heterocycles. The van der Waals surface area contributed by atoms with E-state index in [1.807, 2.05) is 0 Å². The molecule has 3 fully saturated rings. The van der Waals surface area contributed by atoms with Gasteiger partial charge < -0.3 is 9.64 Å². The number of sulfonamides is 1. The first-order chi connectivity index (χ1) is 16.2. The van der Waals surface area contributed by atoms with Crippen molar-refractivity contribution in [2.75, 3.05) is 19.2 Å². The minimum Gasteiger partial charge on any atom is -0.368 e. The fraction of sp³-hybridized carbons (Fsp3) is 0.458. The molecule has 1 unspecified atom stereocenters. The molecule has 34 heavy (non-hydrogen) atoms. The number of nitrogens with one attached hydrogen (secondary N) is 1. The molecule has 2 saturated heterocycles. The summed E-state index contributed by atoms with van der Waals surface area (Å²) in [5.74, 6) is -1.32. The molecule has 2 aromatic carbocycles. The van der Waals surface area contributed by atoms with Gasteiger partial charge in [-0.2, -0.15) is 0 Å². The summed E-state index contributed by atoms with van der Waals surface area (Å²) in [5, 5.41) is 0. The van der Waals surface area contributed by atoms with E-state index in [0.717, 1.165) is 0 Å². The first kappa shape index (κ1) is 23.3. The van der Waals surface area contributed by atoms with Gasteiger partial charge in [0.25, 0.3) is 5.91 Å². The van der Waals surface area contributed by atoms with E-state index in [-0.39, 0.29) is 23.5 Å². The highest BCUT2D eigenvalue weighted by Gasteiger charge is 2.62. The van der Waals surface area contributed by atoms with E-state index in [0.29, 0.717) is 38.0 Å². The van der Waals surface area contributed by atoms with Gasteiger partial charge in [-0.25, -0.2) is 26.3 Å². The van der Waals surface area contributed by atoms with Gasteiger partial charge in [0.2, 0.25) is 16.0 Å². The van der Waals surface area contributed by atoms with Crippen LogP contribution >= 0.6 is 0 Å². The second-order valence-electron chi connectivity index (χ2n) is 9.36. The van der Waals surface area contributed by atoms with Gasteiger partial charge in [-0.05, 0) is 42.5 Å². The zero-order chi connectivity index (χ0) is 24.1. The first-order valence-corrected chi connectivity index (χ1v) is 12.9. The second kappa shape index (κ2) is 8.66. The van der Waals surface area contributed by atoms with Gasteiger partial charge in [-0.3, -0.25) is 4.79 Å². The summed E-state index contributed by atoms with van der Waals surface area (Å²) < 4.78 is 74.7. The monoisotopic (exact) mass is 494 g/mol. The van der Waals surface area contributed by atoms with Crippen LogP contribution in [0.3, 0.4) is 0 Å². The Balaban J connectivity index is 1.51. The molecular weight excluding hydrogens is 469 g/mol. The quantitative estimate of drug-likeness (QED) is 0.642. The molecule has 2 aromatic rings. The van der Waals surface area contributed by atoms with Crippen LogP contribution in [-0.4, -0.2) is 56.6 Å². The average Bonchev–Trinajstić information content (AvgIpc) is 3.49. The number of halogens is 3. The van der Waals surface area contributed by atoms with Crippen molar-refractivity contribution in [3.8, 4) is 11.1 Å². The molecule has 1 aliphatic carbocycles. The fourth-order valence-electron chi connectivity index (χ4n) is 5.13. The van der Waals surface area contributed by atoms with E-state index in [2.05, 4.69) is 4.72 Å². The van der Waals surface area contributed by atoms with Crippen molar-refractivity contribution in [3.63, 3.8) is 0 Å². The number of hydrogen-bond acceptors (Lipinski definition) is 4. The molecule has 2 aliphatic heterocycles. The van der Waals surface area contributed by atoms with E-state index in [1.54, 1.807) is 29.2 Å². The Morgan fingerprint density at radius 2 is 1.91 bits per heavy atom. The Morgan fingerprint density at radius 1 is 1.18 bits per heavy atom. The highest BCUT2D eigenvalue weighted by Crippen LogP contribution is 2.56. The van der Waals surface area contributed by atoms with E-state index in [9.17, 15) is 22.0 Å². The number of amides is 1. The normalized spacial score (nSPS) is 25.4. The van der Waals surface area contributed by atoms with E-state index in [4.69, 9.17) is 4.74 Å². The van der Waals surface area contributed by atoms with Gasteiger partial charge in [0.1, 0.15) is 17.7 Å². The zero-order valence-electron chi connectivity index (χ0n) is 18.3. The largest absolute Gasteiger partial charge is 0.368 e. The van der Waals surface area contributed by atoms with E-state index in [1.165, 1.54) is 18.2 Å². The van der Waals surface area contributed by atoms with Crippen molar-refractivity contribution in [2.45, 2.75) is 43.9 Å². The number of alkyl halides is 1. The van der Waals surface area contributed by atoms with Crippen LogP contribution in [0.1, 0.15) is 24.8 Å². The molecule has 2 heterocycles. The fourth-order valence-corrected chi connectivity index (χ4v) is 5.98. The summed E-state index contributed by atoms with van der Waals surface area (Å²) in [4.78, 5) is 14.7. The number of benzene rings is 2. The Kier molecular flexibility index (Phi) is 5.94. The maximum atomic E-state index is 15.6. The molecule has 1 saturated carbocycles. The third kappa shape index (κ3) is 4.23. The molecule has 0 bridgehead atoms. The third-order valence-corrected chi connectivity index (χ3v) is 8.07. The summed E-state index contributed by atoms with van der Waals surface area (Å²) in [6.45, 7) is 0.781. The summed E-state index contributed by atoms with van der Waals surface area (Å²) in [5.41, 5.74) is 0.344. The van der Waals surface area contributed by atoms with Gasteiger partial charge in [0.15, 0.2) is 0 Å². The maximum Gasteiger partial charge on any atom is 0.252 e. The Bertz CT molecular complexity index is 1210. The van der Waals surface area contributed by atoms with Crippen LogP contribution < -0.4 is 4.72 Å². The molecule has 1 N–H and O–H groups in total. The lowest BCUT2D eigenvalue weighted by Crippen LogP contribution is -2.53. The summed E-state index contributed by atoms with van der Waals surface area (Å²) in [6, 6.07) is 7.32. The molecule has 3 atom stereocenters. The van der Waals surface area contributed by atoms with Gasteiger partial charge in [-0.1, -0.05) is 30.3 Å². The van der Waals surface area contributed by atoms with Crippen molar-refractivity contribution < 1.29 is 31.1 Å². The molecule has 1 spiro atoms. The molecule has 0 radical (unpaired) electrons. The number of rotatable bonds is 7. The lowest BCUT2D eigenvalue weighted by atomic mass is 9.91. The van der Waals surface area contributed by atoms with Crippen LogP contribution in [0.4, 0.5) is 13.2 Å². The van der Waals surface area contributed by atoms with Gasteiger partial charge in [0, 0.05) is 30.0 Å². The number of nitrogens with zero attached hydrogens (tertiary/aromatic N) is 1. The van der Waals surface area contributed by atoms with Crippen LogP contribution in [0.2, 0.25) is 0 Å². The predicted octanol–water partition coefficient (Wildman–Crippen LogP) is 3.17. The topological polar surface area (TPSA) is 75.7 Å². The first-order valence-electron chi connectivity index (χ1n) is 11.2. The summed E-state index contributed by atoms with van der Waals surface area (Å²) in [7, 11) is -4.21. The van der Waals surface area contributed by atoms with Crippen LogP contribution in [0.5, 0.6) is 0 Å². The number of carbonyl (C=O) groups excluding carboxylic acids is 1. The van der Waals surface area contributed by atoms with E-state index >= 15 is 4.39 Å². The van der Waals surface area contributed by atoms with Crippen molar-refractivity contribution in [2.24, 2.45) is 5.41 Å². The highest BCUT2D eigenvalue weighted by molar-refractivity contribution is 7.89. The molecule has 182 valence electrons. The molecule has 3 aliphatic rings. The molecule has 10 heteroatoms. The number of ether oxygens (including phenoxy) is 1. The van der Waals surface area contributed by atoms with Gasteiger partial charge in [-0.15, -0.1) is 0 Å². The maximum absolute atomic E-state index is 15.6. The molecular formula is C24H25F3N2O4S. The Labute approximate surface area is 196 Å². The highest BCUT2D eigenvalue weighted by atomic mass is 32.2. The lowest BCUT2D eigenvalue weighted by molar-refractivity contribution is -0.157. The number of hydrogen-bond donors (Lipinski definition) is 1. The van der Waals surface area contributed by atoms with Crippen LogP contribution in [0, 0.1) is 17.0 Å².